The number of esters is 2. The summed E-state index contributed by atoms with van der Waals surface area (Å²) in [5, 5.41) is 23.2. The van der Waals surface area contributed by atoms with E-state index in [9.17, 15) is 29.8 Å². The van der Waals surface area contributed by atoms with Gasteiger partial charge >= 0.3 is 11.9 Å². The highest BCUT2D eigenvalue weighted by atomic mass is 16.6. The minimum atomic E-state index is -1.71. The molecule has 29 heavy (non-hydrogen) atoms. The van der Waals surface area contributed by atoms with E-state index in [0.717, 1.165) is 20.3 Å². The van der Waals surface area contributed by atoms with Gasteiger partial charge in [0.05, 0.1) is 25.1 Å². The van der Waals surface area contributed by atoms with Crippen LogP contribution < -0.4 is 0 Å². The molecule has 2 unspecified atom stereocenters. The van der Waals surface area contributed by atoms with Crippen molar-refractivity contribution in [2.45, 2.75) is 12.0 Å². The molecule has 0 aromatic heterocycles. The summed E-state index contributed by atoms with van der Waals surface area (Å²) in [5.41, 5.74) is -0.0616. The first-order valence-corrected chi connectivity index (χ1v) is 8.40. The fraction of sp³-hybridized carbons (Fsp3) is 0.263. The Bertz CT molecular complexity index is 899. The van der Waals surface area contributed by atoms with Crippen LogP contribution in [0.4, 0.5) is 5.69 Å². The number of rotatable bonds is 8. The Hall–Kier alpha value is -3.82. The third-order valence-corrected chi connectivity index (χ3v) is 4.44. The molecule has 2 aromatic carbocycles. The van der Waals surface area contributed by atoms with Crippen molar-refractivity contribution in [1.82, 2.24) is 0 Å². The maximum Gasteiger partial charge on any atom is 0.320 e. The van der Waals surface area contributed by atoms with Crippen LogP contribution in [0.2, 0.25) is 0 Å². The largest absolute Gasteiger partial charge is 0.468 e. The molecule has 0 aliphatic carbocycles. The smallest absolute Gasteiger partial charge is 0.320 e. The molecule has 0 amide bonds. The van der Waals surface area contributed by atoms with Gasteiger partial charge in [-0.25, -0.2) is 0 Å². The van der Waals surface area contributed by atoms with Crippen molar-refractivity contribution in [3.05, 3.63) is 86.0 Å². The van der Waals surface area contributed by atoms with Gasteiger partial charge in [-0.1, -0.05) is 42.5 Å². The summed E-state index contributed by atoms with van der Waals surface area (Å²) >= 11 is 0. The Balaban J connectivity index is 2.77. The molecule has 10 heteroatoms. The van der Waals surface area contributed by atoms with Crippen LogP contribution in [0, 0.1) is 26.1 Å². The molecule has 0 heterocycles. The van der Waals surface area contributed by atoms with Crippen LogP contribution in [0.15, 0.2) is 54.6 Å². The maximum absolute atomic E-state index is 12.4. The van der Waals surface area contributed by atoms with Crippen molar-refractivity contribution in [3.63, 3.8) is 0 Å². The molecule has 2 aromatic rings. The second-order valence-corrected chi connectivity index (χ2v) is 6.04. The second kappa shape index (κ2) is 9.40. The van der Waals surface area contributed by atoms with Gasteiger partial charge in [-0.2, -0.15) is 0 Å². The molecule has 2 rings (SSSR count). The normalized spacial score (nSPS) is 12.7. The first-order valence-electron chi connectivity index (χ1n) is 8.40. The van der Waals surface area contributed by atoms with E-state index in [0.29, 0.717) is 0 Å². The minimum absolute atomic E-state index is 0.0607. The van der Waals surface area contributed by atoms with Gasteiger partial charge < -0.3 is 9.47 Å². The molecule has 0 radical (unpaired) electrons. The van der Waals surface area contributed by atoms with Crippen molar-refractivity contribution < 1.29 is 28.9 Å². The zero-order valence-corrected chi connectivity index (χ0v) is 15.6. The van der Waals surface area contributed by atoms with E-state index in [2.05, 4.69) is 9.47 Å². The molecule has 10 nitrogen and oxygen atoms in total. The third kappa shape index (κ3) is 4.72. The first kappa shape index (κ1) is 21.5. The van der Waals surface area contributed by atoms with E-state index in [4.69, 9.17) is 0 Å². The van der Waals surface area contributed by atoms with E-state index >= 15 is 0 Å². The third-order valence-electron chi connectivity index (χ3n) is 4.44. The van der Waals surface area contributed by atoms with Crippen LogP contribution in [0.3, 0.4) is 0 Å². The lowest BCUT2D eigenvalue weighted by atomic mass is 9.77. The molecule has 0 aliphatic heterocycles. The number of hydrogen-bond acceptors (Lipinski definition) is 8. The highest BCUT2D eigenvalue weighted by Gasteiger charge is 2.48. The molecule has 0 spiro atoms. The standard InChI is InChI=1S/C19H18N2O8/c1-28-18(22)16(19(23)29-2)15(13-9-6-10-14(11-13)20(24)25)17(21(26)27)12-7-4-3-5-8-12/h3-11,15-17H,1-2H3. The summed E-state index contributed by atoms with van der Waals surface area (Å²) < 4.78 is 9.37. The van der Waals surface area contributed by atoms with Crippen LogP contribution in [-0.4, -0.2) is 36.0 Å². The predicted octanol–water partition coefficient (Wildman–Crippen LogP) is 2.66. The summed E-state index contributed by atoms with van der Waals surface area (Å²) in [6.07, 6.45) is 0. The van der Waals surface area contributed by atoms with Crippen molar-refractivity contribution in [2.75, 3.05) is 14.2 Å². The van der Waals surface area contributed by atoms with Crippen molar-refractivity contribution >= 4 is 17.6 Å². The number of carbonyl (C=O) groups excluding carboxylic acids is 2. The molecule has 0 aliphatic rings. The van der Waals surface area contributed by atoms with Gasteiger partial charge in [0.25, 0.3) is 5.69 Å². The lowest BCUT2D eigenvalue weighted by Crippen LogP contribution is -2.37. The van der Waals surface area contributed by atoms with Crippen LogP contribution >= 0.6 is 0 Å². The number of methoxy groups -OCH3 is 2. The summed E-state index contributed by atoms with van der Waals surface area (Å²) in [5.74, 6) is -5.21. The number of ether oxygens (including phenoxy) is 2. The summed E-state index contributed by atoms with van der Waals surface area (Å²) in [6.45, 7) is 0. The quantitative estimate of drug-likeness (QED) is 0.284. The Morgan fingerprint density at radius 3 is 1.90 bits per heavy atom. The Morgan fingerprint density at radius 1 is 0.862 bits per heavy atom. The molecule has 0 saturated carbocycles. The summed E-state index contributed by atoms with van der Waals surface area (Å²) in [4.78, 5) is 46.8. The zero-order valence-electron chi connectivity index (χ0n) is 15.6. The lowest BCUT2D eigenvalue weighted by molar-refractivity contribution is -0.534. The molecular weight excluding hydrogens is 384 g/mol. The highest BCUT2D eigenvalue weighted by Crippen LogP contribution is 2.41. The van der Waals surface area contributed by atoms with Gasteiger partial charge in [0, 0.05) is 22.6 Å². The number of nitro benzene ring substituents is 1. The van der Waals surface area contributed by atoms with Crippen molar-refractivity contribution in [1.29, 1.82) is 0 Å². The number of nitro groups is 2. The number of nitrogens with zero attached hydrogens (tertiary/aromatic N) is 2. The Kier molecular flexibility index (Phi) is 6.96. The highest BCUT2D eigenvalue weighted by molar-refractivity contribution is 5.96. The summed E-state index contributed by atoms with van der Waals surface area (Å²) in [6, 6.07) is 11.2. The Morgan fingerprint density at radius 2 is 1.41 bits per heavy atom. The van der Waals surface area contributed by atoms with Gasteiger partial charge in [-0.05, 0) is 5.56 Å². The number of benzene rings is 2. The molecule has 0 fully saturated rings. The van der Waals surface area contributed by atoms with Crippen LogP contribution in [0.25, 0.3) is 0 Å². The fourth-order valence-electron chi connectivity index (χ4n) is 3.16. The SMILES string of the molecule is COC(=O)C(C(=O)OC)C(c1cccc([N+](=O)[O-])c1)C(c1ccccc1)[N+](=O)[O-]. The van der Waals surface area contributed by atoms with Crippen molar-refractivity contribution in [2.24, 2.45) is 5.92 Å². The molecule has 152 valence electrons. The molecule has 0 saturated heterocycles. The number of hydrogen-bond donors (Lipinski definition) is 0. The summed E-state index contributed by atoms with van der Waals surface area (Å²) in [7, 11) is 2.07. The topological polar surface area (TPSA) is 139 Å². The van der Waals surface area contributed by atoms with Crippen LogP contribution in [0.5, 0.6) is 0 Å². The molecular formula is C19H18N2O8. The van der Waals surface area contributed by atoms with E-state index in [1.54, 1.807) is 18.2 Å². The fourth-order valence-corrected chi connectivity index (χ4v) is 3.16. The van der Waals surface area contributed by atoms with Crippen molar-refractivity contribution in [3.8, 4) is 0 Å². The van der Waals surface area contributed by atoms with Crippen LogP contribution in [-0.2, 0) is 19.1 Å². The minimum Gasteiger partial charge on any atom is -0.468 e. The van der Waals surface area contributed by atoms with E-state index in [1.807, 2.05) is 0 Å². The van der Waals surface area contributed by atoms with Crippen LogP contribution in [0.1, 0.15) is 23.1 Å². The van der Waals surface area contributed by atoms with Gasteiger partial charge in [0.15, 0.2) is 5.92 Å². The average molecular weight is 402 g/mol. The Labute approximate surface area is 165 Å². The molecule has 0 N–H and O–H groups in total. The zero-order chi connectivity index (χ0) is 21.6. The number of non-ortho nitro benzene ring substituents is 1. The van der Waals surface area contributed by atoms with Gasteiger partial charge in [0.2, 0.25) is 6.04 Å². The van der Waals surface area contributed by atoms with Gasteiger partial charge in [-0.3, -0.25) is 29.8 Å². The molecule has 0 bridgehead atoms. The van der Waals surface area contributed by atoms with E-state index in [-0.39, 0.29) is 16.8 Å². The lowest BCUT2D eigenvalue weighted by Gasteiger charge is -2.26. The van der Waals surface area contributed by atoms with Gasteiger partial charge in [-0.15, -0.1) is 0 Å². The monoisotopic (exact) mass is 402 g/mol. The predicted molar refractivity (Wildman–Crippen MR) is 99.5 cm³/mol. The second-order valence-electron chi connectivity index (χ2n) is 6.04. The number of carbonyl (C=O) groups is 2. The van der Waals surface area contributed by atoms with E-state index < -0.39 is 39.7 Å². The van der Waals surface area contributed by atoms with E-state index in [1.165, 1.54) is 30.3 Å². The first-order chi connectivity index (χ1) is 13.8. The maximum atomic E-state index is 12.4. The molecule has 2 atom stereocenters. The average Bonchev–Trinajstić information content (AvgIpc) is 2.73. The van der Waals surface area contributed by atoms with Gasteiger partial charge in [0.1, 0.15) is 0 Å².